The van der Waals surface area contributed by atoms with E-state index in [2.05, 4.69) is 0 Å². The summed E-state index contributed by atoms with van der Waals surface area (Å²) in [6.07, 6.45) is -0.338. The molecule has 7 heteroatoms. The largest absolute Gasteiger partial charge is 0.394 e. The third kappa shape index (κ3) is 112. The molecule has 6 nitrogen and oxygen atoms in total. The zero-order chi connectivity index (χ0) is 8.78. The lowest BCUT2D eigenvalue weighted by molar-refractivity contribution is 0.203. The zero-order valence-electron chi connectivity index (χ0n) is 5.43. The van der Waals surface area contributed by atoms with Crippen LogP contribution in [0.15, 0.2) is 0 Å². The van der Waals surface area contributed by atoms with E-state index in [1.165, 1.54) is 0 Å². The molecule has 0 aromatic heterocycles. The second-order valence-corrected chi connectivity index (χ2v) is 2.43. The highest BCUT2D eigenvalue weighted by molar-refractivity contribution is 7.79. The van der Waals surface area contributed by atoms with Crippen LogP contribution in [0.2, 0.25) is 0 Å². The van der Waals surface area contributed by atoms with E-state index in [1.807, 2.05) is 0 Å². The minimum atomic E-state index is -4.67. The third-order valence-electron chi connectivity index (χ3n) is 0.341. The van der Waals surface area contributed by atoms with Crippen molar-refractivity contribution in [3.05, 3.63) is 0 Å². The smallest absolute Gasteiger partial charge is 0.392 e. The number of aliphatic hydroxyl groups excluding tert-OH is 1. The average molecular weight is 173 g/mol. The Hall–Kier alpha value is -0.210. The lowest BCUT2D eigenvalue weighted by Gasteiger charge is -1.91. The van der Waals surface area contributed by atoms with Crippen molar-refractivity contribution in [1.82, 2.24) is 0 Å². The summed E-state index contributed by atoms with van der Waals surface area (Å²) in [7, 11) is -4.67. The molecule has 0 aromatic rings. The fourth-order valence-corrected chi connectivity index (χ4v) is 0. The van der Waals surface area contributed by atoms with Gasteiger partial charge in [0.25, 0.3) is 0 Å². The molecular weight excluding hydrogens is 162 g/mol. The van der Waals surface area contributed by atoms with Crippen molar-refractivity contribution in [2.45, 2.75) is 13.0 Å². The Morgan fingerprint density at radius 3 is 1.60 bits per heavy atom. The average Bonchev–Trinajstić information content (AvgIpc) is 1.61. The second kappa shape index (κ2) is 5.57. The molecule has 0 rings (SSSR count). The first-order chi connectivity index (χ1) is 4.27. The van der Waals surface area contributed by atoms with Crippen molar-refractivity contribution < 1.29 is 22.6 Å². The SMILES string of the molecule is CC(O)CN.O=S(=O)(O)O. The molecule has 64 valence electrons. The van der Waals surface area contributed by atoms with E-state index in [4.69, 9.17) is 28.4 Å². The summed E-state index contributed by atoms with van der Waals surface area (Å²) in [4.78, 5) is 0. The number of hydrogen-bond donors (Lipinski definition) is 4. The molecule has 0 spiro atoms. The first-order valence-corrected chi connectivity index (χ1v) is 3.75. The summed E-state index contributed by atoms with van der Waals surface area (Å²) in [5.74, 6) is 0. The van der Waals surface area contributed by atoms with Crippen LogP contribution in [0, 0.1) is 0 Å². The van der Waals surface area contributed by atoms with Crippen molar-refractivity contribution in [2.75, 3.05) is 6.54 Å². The molecule has 5 N–H and O–H groups in total. The van der Waals surface area contributed by atoms with Gasteiger partial charge in [-0.1, -0.05) is 0 Å². The van der Waals surface area contributed by atoms with Crippen LogP contribution in [0.5, 0.6) is 0 Å². The monoisotopic (exact) mass is 173 g/mol. The maximum Gasteiger partial charge on any atom is 0.394 e. The summed E-state index contributed by atoms with van der Waals surface area (Å²) in [6, 6.07) is 0. The predicted molar refractivity (Wildman–Crippen MR) is 34.9 cm³/mol. The highest BCUT2D eigenvalue weighted by Gasteiger charge is 1.84. The quantitative estimate of drug-likeness (QED) is 0.365. The van der Waals surface area contributed by atoms with E-state index in [0.717, 1.165) is 0 Å². The summed E-state index contributed by atoms with van der Waals surface area (Å²) < 4.78 is 31.6. The fourth-order valence-electron chi connectivity index (χ4n) is 0. The molecule has 1 atom stereocenters. The zero-order valence-corrected chi connectivity index (χ0v) is 6.24. The molecule has 0 aliphatic carbocycles. The minimum absolute atomic E-state index is 0.338. The summed E-state index contributed by atoms with van der Waals surface area (Å²) in [6.45, 7) is 2.01. The van der Waals surface area contributed by atoms with Crippen LogP contribution in [0.25, 0.3) is 0 Å². The van der Waals surface area contributed by atoms with Crippen molar-refractivity contribution in [1.29, 1.82) is 0 Å². The van der Waals surface area contributed by atoms with E-state index in [0.29, 0.717) is 6.54 Å². The molecule has 0 aliphatic rings. The van der Waals surface area contributed by atoms with Gasteiger partial charge in [-0.15, -0.1) is 0 Å². The summed E-state index contributed by atoms with van der Waals surface area (Å²) in [5.41, 5.74) is 4.92. The van der Waals surface area contributed by atoms with Crippen molar-refractivity contribution >= 4 is 10.4 Å². The van der Waals surface area contributed by atoms with Gasteiger partial charge in [0.15, 0.2) is 0 Å². The molecule has 0 saturated carbocycles. The van der Waals surface area contributed by atoms with Gasteiger partial charge in [0.1, 0.15) is 0 Å². The lowest BCUT2D eigenvalue weighted by atomic mass is 10.4. The Balaban J connectivity index is 0. The van der Waals surface area contributed by atoms with Crippen LogP contribution < -0.4 is 5.73 Å². The van der Waals surface area contributed by atoms with Gasteiger partial charge < -0.3 is 10.8 Å². The van der Waals surface area contributed by atoms with Gasteiger partial charge >= 0.3 is 10.4 Å². The van der Waals surface area contributed by atoms with Gasteiger partial charge in [-0.25, -0.2) is 0 Å². The van der Waals surface area contributed by atoms with Crippen LogP contribution in [0.1, 0.15) is 6.92 Å². The topological polar surface area (TPSA) is 121 Å². The maximum absolute atomic E-state index is 8.74. The molecule has 0 aromatic carbocycles. The molecule has 0 radical (unpaired) electrons. The number of rotatable bonds is 1. The normalized spacial score (nSPS) is 13.3. The van der Waals surface area contributed by atoms with E-state index in [1.54, 1.807) is 6.92 Å². The number of aliphatic hydroxyl groups is 1. The molecule has 0 saturated heterocycles. The number of nitrogens with two attached hydrogens (primary N) is 1. The Labute approximate surface area is 59.2 Å². The van der Waals surface area contributed by atoms with Crippen LogP contribution in [0.3, 0.4) is 0 Å². The van der Waals surface area contributed by atoms with E-state index < -0.39 is 10.4 Å². The summed E-state index contributed by atoms with van der Waals surface area (Å²) >= 11 is 0. The van der Waals surface area contributed by atoms with Gasteiger partial charge in [0.05, 0.1) is 6.10 Å². The van der Waals surface area contributed by atoms with Gasteiger partial charge in [-0.05, 0) is 6.92 Å². The molecular formula is C3H11NO5S. The fraction of sp³-hybridized carbons (Fsp3) is 1.00. The molecule has 0 aliphatic heterocycles. The van der Waals surface area contributed by atoms with Crippen molar-refractivity contribution in [2.24, 2.45) is 5.73 Å². The molecule has 0 heterocycles. The van der Waals surface area contributed by atoms with Crippen LogP contribution in [-0.4, -0.2) is 35.3 Å². The Bertz CT molecular complexity index is 142. The van der Waals surface area contributed by atoms with Crippen LogP contribution in [-0.2, 0) is 10.4 Å². The Kier molecular flexibility index (Phi) is 6.94. The first-order valence-electron chi connectivity index (χ1n) is 2.35. The van der Waals surface area contributed by atoms with Crippen LogP contribution in [0.4, 0.5) is 0 Å². The Morgan fingerprint density at radius 2 is 1.60 bits per heavy atom. The van der Waals surface area contributed by atoms with E-state index in [-0.39, 0.29) is 6.10 Å². The lowest BCUT2D eigenvalue weighted by Crippen LogP contribution is -2.14. The second-order valence-electron chi connectivity index (χ2n) is 1.53. The van der Waals surface area contributed by atoms with Crippen molar-refractivity contribution in [3.63, 3.8) is 0 Å². The molecule has 0 amide bonds. The Morgan fingerprint density at radius 1 is 1.50 bits per heavy atom. The van der Waals surface area contributed by atoms with Crippen LogP contribution >= 0.6 is 0 Å². The molecule has 0 bridgehead atoms. The van der Waals surface area contributed by atoms with E-state index in [9.17, 15) is 0 Å². The molecule has 10 heavy (non-hydrogen) atoms. The molecule has 1 unspecified atom stereocenters. The minimum Gasteiger partial charge on any atom is -0.392 e. The third-order valence-corrected chi connectivity index (χ3v) is 0.341. The standard InChI is InChI=1S/C3H9NO.H2O4S/c1-3(5)2-4;1-5(2,3)4/h3,5H,2,4H2,1H3;(H2,1,2,3,4). The highest BCUT2D eigenvalue weighted by Crippen LogP contribution is 1.65. The van der Waals surface area contributed by atoms with Crippen molar-refractivity contribution in [3.8, 4) is 0 Å². The van der Waals surface area contributed by atoms with Gasteiger partial charge in [-0.2, -0.15) is 8.42 Å². The molecule has 0 fully saturated rings. The highest BCUT2D eigenvalue weighted by atomic mass is 32.3. The van der Waals surface area contributed by atoms with Gasteiger partial charge in [0, 0.05) is 6.54 Å². The first kappa shape index (κ1) is 12.5. The van der Waals surface area contributed by atoms with Gasteiger partial charge in [0.2, 0.25) is 0 Å². The predicted octanol–water partition coefficient (Wildman–Crippen LogP) is -1.33. The number of hydrogen-bond acceptors (Lipinski definition) is 4. The maximum atomic E-state index is 8.74. The van der Waals surface area contributed by atoms with Gasteiger partial charge in [-0.3, -0.25) is 9.11 Å². The van der Waals surface area contributed by atoms with E-state index >= 15 is 0 Å². The summed E-state index contributed by atoms with van der Waals surface area (Å²) in [5, 5.41) is 8.24.